The van der Waals surface area contributed by atoms with Gasteiger partial charge in [-0.15, -0.1) is 5.10 Å². The number of carbonyl (C=O) groups excluding carboxylic acids is 1. The van der Waals surface area contributed by atoms with Crippen molar-refractivity contribution in [2.24, 2.45) is 0 Å². The number of aromatic nitrogens is 4. The molecule has 0 saturated carbocycles. The minimum absolute atomic E-state index is 0.000942. The van der Waals surface area contributed by atoms with Crippen molar-refractivity contribution in [1.29, 1.82) is 0 Å². The van der Waals surface area contributed by atoms with Gasteiger partial charge in [0.05, 0.1) is 0 Å². The minimum atomic E-state index is -0.000942. The van der Waals surface area contributed by atoms with Crippen LogP contribution in [0.5, 0.6) is 0 Å². The van der Waals surface area contributed by atoms with E-state index >= 15 is 0 Å². The van der Waals surface area contributed by atoms with Crippen LogP contribution in [0.1, 0.15) is 32.9 Å². The van der Waals surface area contributed by atoms with Crippen molar-refractivity contribution >= 4 is 29.1 Å². The maximum absolute atomic E-state index is 13.2. The van der Waals surface area contributed by atoms with E-state index in [1.165, 1.54) is 11.8 Å². The molecule has 0 spiro atoms. The van der Waals surface area contributed by atoms with E-state index in [1.807, 2.05) is 65.3 Å². The van der Waals surface area contributed by atoms with Gasteiger partial charge >= 0.3 is 0 Å². The highest BCUT2D eigenvalue weighted by Crippen LogP contribution is 2.24. The first kappa shape index (κ1) is 22.8. The highest BCUT2D eigenvalue weighted by Gasteiger charge is 2.17. The van der Waals surface area contributed by atoms with Crippen LogP contribution >= 0.6 is 11.8 Å². The summed E-state index contributed by atoms with van der Waals surface area (Å²) in [4.78, 5) is 26.0. The van der Waals surface area contributed by atoms with Crippen LogP contribution in [-0.4, -0.2) is 51.5 Å². The number of nitrogens with zero attached hydrogens (tertiary/aromatic N) is 6. The van der Waals surface area contributed by atoms with Crippen LogP contribution in [0.25, 0.3) is 5.78 Å². The van der Waals surface area contributed by atoms with Gasteiger partial charge in [0.2, 0.25) is 5.16 Å². The maximum atomic E-state index is 13.2. The molecule has 7 nitrogen and oxygen atoms in total. The third-order valence-electron chi connectivity index (χ3n) is 5.42. The van der Waals surface area contributed by atoms with Crippen LogP contribution in [-0.2, 0) is 12.3 Å². The Bertz CT molecular complexity index is 1280. The Morgan fingerprint density at radius 1 is 1.00 bits per heavy atom. The molecule has 2 aromatic heterocycles. The van der Waals surface area contributed by atoms with Gasteiger partial charge in [-0.3, -0.25) is 4.79 Å². The Hall–Kier alpha value is -3.39. The SMILES string of the molecule is Cc1cc(C)n2nc(SCc3ccccc3C(=O)N(C)Cc3ccc(N(C)C)cc3)nc2n1. The Kier molecular flexibility index (Phi) is 6.65. The van der Waals surface area contributed by atoms with E-state index in [0.29, 0.717) is 28.8 Å². The van der Waals surface area contributed by atoms with Crippen LogP contribution in [0.2, 0.25) is 0 Å². The molecule has 4 aromatic rings. The van der Waals surface area contributed by atoms with Gasteiger partial charge in [-0.1, -0.05) is 42.1 Å². The van der Waals surface area contributed by atoms with Crippen molar-refractivity contribution in [2.45, 2.75) is 31.3 Å². The molecule has 0 aliphatic carbocycles. The van der Waals surface area contributed by atoms with E-state index in [1.54, 1.807) is 9.42 Å². The lowest BCUT2D eigenvalue weighted by molar-refractivity contribution is 0.0784. The van der Waals surface area contributed by atoms with Crippen LogP contribution in [0, 0.1) is 13.8 Å². The third kappa shape index (κ3) is 5.17. The standard InChI is InChI=1S/C25H28N6OS/c1-17-14-18(2)31-24(26-17)27-25(28-31)33-16-20-8-6-7-9-22(20)23(32)30(5)15-19-10-12-21(13-11-19)29(3)4/h6-14H,15-16H2,1-5H3. The first-order valence-electron chi connectivity index (χ1n) is 10.8. The number of hydrogen-bond acceptors (Lipinski definition) is 6. The van der Waals surface area contributed by atoms with Crippen molar-refractivity contribution in [3.05, 3.63) is 82.7 Å². The van der Waals surface area contributed by atoms with E-state index < -0.39 is 0 Å². The Labute approximate surface area is 198 Å². The molecular weight excluding hydrogens is 432 g/mol. The zero-order valence-corrected chi connectivity index (χ0v) is 20.4. The largest absolute Gasteiger partial charge is 0.378 e. The molecule has 2 heterocycles. The summed E-state index contributed by atoms with van der Waals surface area (Å²) < 4.78 is 1.75. The number of fused-ring (bicyclic) bond motifs is 1. The van der Waals surface area contributed by atoms with Crippen molar-refractivity contribution in [2.75, 3.05) is 26.0 Å². The summed E-state index contributed by atoms with van der Waals surface area (Å²) in [5, 5.41) is 5.21. The van der Waals surface area contributed by atoms with Gasteiger partial charge in [0.1, 0.15) is 0 Å². The summed E-state index contributed by atoms with van der Waals surface area (Å²) in [5.41, 5.74) is 5.80. The number of benzene rings is 2. The topological polar surface area (TPSA) is 66.6 Å². The first-order chi connectivity index (χ1) is 15.8. The Balaban J connectivity index is 1.47. The number of aryl methyl sites for hydroxylation is 2. The average molecular weight is 461 g/mol. The van der Waals surface area contributed by atoms with E-state index in [9.17, 15) is 4.79 Å². The molecule has 2 aromatic carbocycles. The Morgan fingerprint density at radius 3 is 2.45 bits per heavy atom. The molecule has 0 bridgehead atoms. The average Bonchev–Trinajstić information content (AvgIpc) is 3.21. The highest BCUT2D eigenvalue weighted by atomic mass is 32.2. The fourth-order valence-corrected chi connectivity index (χ4v) is 4.48. The number of hydrogen-bond donors (Lipinski definition) is 0. The molecule has 8 heteroatoms. The van der Waals surface area contributed by atoms with Crippen molar-refractivity contribution < 1.29 is 4.79 Å². The smallest absolute Gasteiger partial charge is 0.254 e. The highest BCUT2D eigenvalue weighted by molar-refractivity contribution is 7.98. The molecule has 0 N–H and O–H groups in total. The summed E-state index contributed by atoms with van der Waals surface area (Å²) in [6.45, 7) is 4.48. The molecule has 0 fully saturated rings. The van der Waals surface area contributed by atoms with E-state index in [0.717, 1.165) is 28.2 Å². The zero-order valence-electron chi connectivity index (χ0n) is 19.6. The van der Waals surface area contributed by atoms with Gasteiger partial charge in [-0.25, -0.2) is 9.50 Å². The van der Waals surface area contributed by atoms with Crippen LogP contribution < -0.4 is 4.90 Å². The maximum Gasteiger partial charge on any atom is 0.254 e. The predicted molar refractivity (Wildman–Crippen MR) is 133 cm³/mol. The molecule has 0 saturated heterocycles. The molecular formula is C25H28N6OS. The Morgan fingerprint density at radius 2 is 1.73 bits per heavy atom. The zero-order chi connectivity index (χ0) is 23.5. The summed E-state index contributed by atoms with van der Waals surface area (Å²) in [6, 6.07) is 18.0. The number of amides is 1. The number of thioether (sulfide) groups is 1. The van der Waals surface area contributed by atoms with Crippen molar-refractivity contribution in [3.63, 3.8) is 0 Å². The first-order valence-corrected chi connectivity index (χ1v) is 11.7. The second kappa shape index (κ2) is 9.62. The lowest BCUT2D eigenvalue weighted by Gasteiger charge is -2.20. The number of carbonyl (C=O) groups is 1. The minimum Gasteiger partial charge on any atom is -0.378 e. The monoisotopic (exact) mass is 460 g/mol. The van der Waals surface area contributed by atoms with Gasteiger partial charge < -0.3 is 9.80 Å². The molecule has 170 valence electrons. The molecule has 1 amide bonds. The van der Waals surface area contributed by atoms with Gasteiger partial charge in [0.15, 0.2) is 0 Å². The molecule has 0 aliphatic heterocycles. The lowest BCUT2D eigenvalue weighted by Crippen LogP contribution is -2.27. The predicted octanol–water partition coefficient (Wildman–Crippen LogP) is 4.37. The summed E-state index contributed by atoms with van der Waals surface area (Å²) in [7, 11) is 5.87. The second-order valence-electron chi connectivity index (χ2n) is 8.31. The lowest BCUT2D eigenvalue weighted by atomic mass is 10.1. The van der Waals surface area contributed by atoms with E-state index in [-0.39, 0.29) is 5.91 Å². The van der Waals surface area contributed by atoms with Gasteiger partial charge in [-0.2, -0.15) is 4.98 Å². The van der Waals surface area contributed by atoms with Crippen LogP contribution in [0.15, 0.2) is 59.8 Å². The van der Waals surface area contributed by atoms with Crippen molar-refractivity contribution in [3.8, 4) is 0 Å². The van der Waals surface area contributed by atoms with Gasteiger partial charge in [0, 0.05) is 56.1 Å². The molecule has 4 rings (SSSR count). The van der Waals surface area contributed by atoms with Crippen molar-refractivity contribution in [1.82, 2.24) is 24.5 Å². The van der Waals surface area contributed by atoms with E-state index in [4.69, 9.17) is 0 Å². The van der Waals surface area contributed by atoms with E-state index in [2.05, 4.69) is 44.2 Å². The second-order valence-corrected chi connectivity index (χ2v) is 9.26. The summed E-state index contributed by atoms with van der Waals surface area (Å²) in [5.74, 6) is 1.20. The van der Waals surface area contributed by atoms with Gasteiger partial charge in [0.25, 0.3) is 11.7 Å². The number of rotatable bonds is 7. The van der Waals surface area contributed by atoms with Crippen LogP contribution in [0.4, 0.5) is 5.69 Å². The fraction of sp³-hybridized carbons (Fsp3) is 0.280. The number of anilines is 1. The fourth-order valence-electron chi connectivity index (χ4n) is 3.66. The molecule has 0 radical (unpaired) electrons. The van der Waals surface area contributed by atoms with Gasteiger partial charge in [-0.05, 0) is 49.2 Å². The quantitative estimate of drug-likeness (QED) is 0.382. The molecule has 0 aliphatic rings. The molecule has 0 atom stereocenters. The molecule has 0 unspecified atom stereocenters. The summed E-state index contributed by atoms with van der Waals surface area (Å²) in [6.07, 6.45) is 0. The molecule has 33 heavy (non-hydrogen) atoms. The summed E-state index contributed by atoms with van der Waals surface area (Å²) >= 11 is 1.51. The third-order valence-corrected chi connectivity index (χ3v) is 6.31. The van der Waals surface area contributed by atoms with Crippen LogP contribution in [0.3, 0.4) is 0 Å². The normalized spacial score (nSPS) is 11.1.